The van der Waals surface area contributed by atoms with Crippen LogP contribution in [0.2, 0.25) is 6.04 Å². The molecule has 0 aliphatic heterocycles. The van der Waals surface area contributed by atoms with E-state index < -0.39 is 8.80 Å². The highest BCUT2D eigenvalue weighted by Gasteiger charge is 2.39. The van der Waals surface area contributed by atoms with Crippen LogP contribution < -0.4 is 0 Å². The average molecular weight is 403 g/mol. The molecule has 0 aliphatic rings. The normalized spacial score (nSPS) is 12.0. The van der Waals surface area contributed by atoms with Gasteiger partial charge >= 0.3 is 8.80 Å². The quantitative estimate of drug-likeness (QED) is 0.136. The Morgan fingerprint density at radius 1 is 0.407 bits per heavy atom. The second kappa shape index (κ2) is 20.8. The van der Waals surface area contributed by atoms with Crippen molar-refractivity contribution in [2.45, 2.75) is 130 Å². The molecule has 3 nitrogen and oxygen atoms in total. The lowest BCUT2D eigenvalue weighted by Crippen LogP contribution is -2.45. The summed E-state index contributed by atoms with van der Waals surface area (Å²) < 4.78 is 17.8. The SMILES string of the molecule is CCCCCCCCCCCCCCCCC[Si](OCC)(OCC)OCC. The summed E-state index contributed by atoms with van der Waals surface area (Å²) in [6, 6.07) is 0.973. The summed E-state index contributed by atoms with van der Waals surface area (Å²) in [6.07, 6.45) is 20.9. The van der Waals surface area contributed by atoms with Crippen LogP contribution in [0, 0.1) is 0 Å². The summed E-state index contributed by atoms with van der Waals surface area (Å²) in [5.41, 5.74) is 0. The zero-order valence-electron chi connectivity index (χ0n) is 19.2. The first-order valence-corrected chi connectivity index (χ1v) is 14.1. The minimum atomic E-state index is -2.40. The van der Waals surface area contributed by atoms with E-state index in [0.717, 1.165) is 6.04 Å². The van der Waals surface area contributed by atoms with Crippen LogP contribution in [-0.2, 0) is 13.3 Å². The second-order valence-electron chi connectivity index (χ2n) is 7.68. The average Bonchev–Trinajstić information content (AvgIpc) is 2.65. The Morgan fingerprint density at radius 2 is 0.704 bits per heavy atom. The van der Waals surface area contributed by atoms with Crippen molar-refractivity contribution in [2.75, 3.05) is 19.8 Å². The molecule has 0 spiro atoms. The predicted molar refractivity (Wildman–Crippen MR) is 120 cm³/mol. The molecule has 0 saturated carbocycles. The zero-order chi connectivity index (χ0) is 20.1. The van der Waals surface area contributed by atoms with Gasteiger partial charge in [0.05, 0.1) is 0 Å². The third kappa shape index (κ3) is 16.7. The molecule has 0 radical (unpaired) electrons. The Hall–Kier alpha value is 0.0969. The molecule has 0 amide bonds. The Balaban J connectivity index is 3.49. The van der Waals surface area contributed by atoms with E-state index in [0.29, 0.717) is 19.8 Å². The fraction of sp³-hybridized carbons (Fsp3) is 1.00. The monoisotopic (exact) mass is 402 g/mol. The van der Waals surface area contributed by atoms with E-state index in [9.17, 15) is 0 Å². The molecule has 0 bridgehead atoms. The van der Waals surface area contributed by atoms with Gasteiger partial charge in [-0.2, -0.15) is 0 Å². The van der Waals surface area contributed by atoms with Gasteiger partial charge in [-0.1, -0.05) is 96.8 Å². The molecule has 164 valence electrons. The van der Waals surface area contributed by atoms with Crippen LogP contribution in [0.25, 0.3) is 0 Å². The maximum Gasteiger partial charge on any atom is 0.500 e. The predicted octanol–water partition coefficient (Wildman–Crippen LogP) is 7.91. The van der Waals surface area contributed by atoms with Gasteiger partial charge in [0.15, 0.2) is 0 Å². The maximum absolute atomic E-state index is 5.92. The highest BCUT2D eigenvalue weighted by molar-refractivity contribution is 6.60. The van der Waals surface area contributed by atoms with Crippen LogP contribution >= 0.6 is 0 Å². The molecule has 4 heteroatoms. The Bertz CT molecular complexity index is 270. The van der Waals surface area contributed by atoms with Crippen LogP contribution in [-0.4, -0.2) is 28.6 Å². The number of unbranched alkanes of at least 4 members (excludes halogenated alkanes) is 14. The van der Waals surface area contributed by atoms with Crippen LogP contribution in [0.4, 0.5) is 0 Å². The molecule has 0 atom stereocenters. The van der Waals surface area contributed by atoms with Crippen LogP contribution in [0.1, 0.15) is 124 Å². The molecule has 0 heterocycles. The van der Waals surface area contributed by atoms with Crippen LogP contribution in [0.3, 0.4) is 0 Å². The van der Waals surface area contributed by atoms with Crippen molar-refractivity contribution in [1.29, 1.82) is 0 Å². The van der Waals surface area contributed by atoms with Crippen molar-refractivity contribution in [2.24, 2.45) is 0 Å². The van der Waals surface area contributed by atoms with Crippen molar-refractivity contribution in [3.63, 3.8) is 0 Å². The molecule has 0 N–H and O–H groups in total. The molecular weight excluding hydrogens is 352 g/mol. The second-order valence-corrected chi connectivity index (χ2v) is 10.4. The molecule has 0 rings (SSSR count). The van der Waals surface area contributed by atoms with Crippen LogP contribution in [0.15, 0.2) is 0 Å². The highest BCUT2D eigenvalue weighted by Crippen LogP contribution is 2.21. The smallest absolute Gasteiger partial charge is 0.374 e. The van der Waals surface area contributed by atoms with Gasteiger partial charge in [0.25, 0.3) is 0 Å². The molecule has 27 heavy (non-hydrogen) atoms. The number of hydrogen-bond donors (Lipinski definition) is 0. The largest absolute Gasteiger partial charge is 0.500 e. The van der Waals surface area contributed by atoms with E-state index in [1.54, 1.807) is 0 Å². The zero-order valence-corrected chi connectivity index (χ0v) is 20.2. The van der Waals surface area contributed by atoms with Crippen molar-refractivity contribution in [3.05, 3.63) is 0 Å². The van der Waals surface area contributed by atoms with Gasteiger partial charge in [0, 0.05) is 25.9 Å². The molecule has 0 aliphatic carbocycles. The van der Waals surface area contributed by atoms with Crippen molar-refractivity contribution >= 4 is 8.80 Å². The Labute approximate surface area is 172 Å². The van der Waals surface area contributed by atoms with E-state index in [1.807, 2.05) is 20.8 Å². The van der Waals surface area contributed by atoms with Gasteiger partial charge in [-0.3, -0.25) is 0 Å². The lowest BCUT2D eigenvalue weighted by Gasteiger charge is -2.28. The molecule has 0 aromatic carbocycles. The summed E-state index contributed by atoms with van der Waals surface area (Å²) in [4.78, 5) is 0. The molecule has 0 aromatic heterocycles. The Morgan fingerprint density at radius 3 is 1.00 bits per heavy atom. The fourth-order valence-corrected chi connectivity index (χ4v) is 6.40. The minimum Gasteiger partial charge on any atom is -0.374 e. The van der Waals surface area contributed by atoms with Gasteiger partial charge in [0.1, 0.15) is 0 Å². The van der Waals surface area contributed by atoms with E-state index in [-0.39, 0.29) is 0 Å². The lowest BCUT2D eigenvalue weighted by molar-refractivity contribution is 0.0706. The van der Waals surface area contributed by atoms with Crippen molar-refractivity contribution in [1.82, 2.24) is 0 Å². The standard InChI is InChI=1S/C23H50O3Si/c1-5-9-10-11-12-13-14-15-16-17-18-19-20-21-22-23-27(24-6-2,25-7-3)26-8-4/h5-23H2,1-4H3. The molecule has 0 unspecified atom stereocenters. The van der Waals surface area contributed by atoms with Gasteiger partial charge in [-0.25, -0.2) is 0 Å². The van der Waals surface area contributed by atoms with Crippen molar-refractivity contribution < 1.29 is 13.3 Å². The van der Waals surface area contributed by atoms with E-state index >= 15 is 0 Å². The first-order valence-electron chi connectivity index (χ1n) is 12.2. The van der Waals surface area contributed by atoms with E-state index in [4.69, 9.17) is 13.3 Å². The van der Waals surface area contributed by atoms with Gasteiger partial charge < -0.3 is 13.3 Å². The molecule has 0 saturated heterocycles. The maximum atomic E-state index is 5.92. The summed E-state index contributed by atoms with van der Waals surface area (Å²) >= 11 is 0. The van der Waals surface area contributed by atoms with Gasteiger partial charge in [0.2, 0.25) is 0 Å². The van der Waals surface area contributed by atoms with E-state index in [2.05, 4.69) is 6.92 Å². The summed E-state index contributed by atoms with van der Waals surface area (Å²) in [6.45, 7) is 10.4. The molecule has 0 fully saturated rings. The van der Waals surface area contributed by atoms with Crippen LogP contribution in [0.5, 0.6) is 0 Å². The Kier molecular flexibility index (Phi) is 20.9. The summed E-state index contributed by atoms with van der Waals surface area (Å²) in [7, 11) is -2.40. The van der Waals surface area contributed by atoms with Crippen molar-refractivity contribution in [3.8, 4) is 0 Å². The topological polar surface area (TPSA) is 27.7 Å². The lowest BCUT2D eigenvalue weighted by atomic mass is 10.0. The minimum absolute atomic E-state index is 0.685. The molecule has 0 aromatic rings. The van der Waals surface area contributed by atoms with Gasteiger partial charge in [-0.15, -0.1) is 0 Å². The highest BCUT2D eigenvalue weighted by atomic mass is 28.4. The third-order valence-electron chi connectivity index (χ3n) is 5.18. The number of hydrogen-bond acceptors (Lipinski definition) is 3. The van der Waals surface area contributed by atoms with E-state index in [1.165, 1.54) is 96.3 Å². The summed E-state index contributed by atoms with van der Waals surface area (Å²) in [5.74, 6) is 0. The number of rotatable bonds is 22. The first kappa shape index (κ1) is 27.1. The third-order valence-corrected chi connectivity index (χ3v) is 8.33. The summed E-state index contributed by atoms with van der Waals surface area (Å²) in [5, 5.41) is 0. The van der Waals surface area contributed by atoms with Gasteiger partial charge in [-0.05, 0) is 27.2 Å². The molecular formula is C23H50O3Si. The first-order chi connectivity index (χ1) is 13.2. The fourth-order valence-electron chi connectivity index (χ4n) is 3.71.